The van der Waals surface area contributed by atoms with E-state index < -0.39 is 66.2 Å². The summed E-state index contributed by atoms with van der Waals surface area (Å²) in [5, 5.41) is 24.7. The second-order valence-electron chi connectivity index (χ2n) is 7.19. The number of nitrogens with two attached hydrogens (primary N) is 2. The van der Waals surface area contributed by atoms with Crippen LogP contribution < -0.4 is 27.4 Å². The van der Waals surface area contributed by atoms with Gasteiger partial charge in [0.1, 0.15) is 18.1 Å². The first-order chi connectivity index (χ1) is 15.9. The first-order valence-corrected chi connectivity index (χ1v) is 10.6. The van der Waals surface area contributed by atoms with Crippen LogP contribution in [-0.4, -0.2) is 85.7 Å². The molecule has 0 aliphatic carbocycles. The van der Waals surface area contributed by atoms with Gasteiger partial charge >= 0.3 is 11.9 Å². The average molecular weight is 502 g/mol. The summed E-state index contributed by atoms with van der Waals surface area (Å²) >= 11 is 3.80. The van der Waals surface area contributed by atoms with E-state index >= 15 is 0 Å². The van der Waals surface area contributed by atoms with Crippen molar-refractivity contribution in [2.45, 2.75) is 49.9 Å². The molecule has 0 saturated carbocycles. The summed E-state index contributed by atoms with van der Waals surface area (Å²) in [6, 6.07) is -5.61. The van der Waals surface area contributed by atoms with Crippen molar-refractivity contribution in [2.75, 3.05) is 5.75 Å². The summed E-state index contributed by atoms with van der Waals surface area (Å²) < 4.78 is 0. The lowest BCUT2D eigenvalue weighted by Crippen LogP contribution is -2.58. The van der Waals surface area contributed by atoms with Gasteiger partial charge in [0.05, 0.1) is 18.8 Å². The maximum absolute atomic E-state index is 12.8. The number of amides is 4. The first kappa shape index (κ1) is 28.4. The zero-order chi connectivity index (χ0) is 25.8. The highest BCUT2D eigenvalue weighted by molar-refractivity contribution is 7.80. The largest absolute Gasteiger partial charge is 0.481 e. The highest BCUT2D eigenvalue weighted by Gasteiger charge is 2.31. The maximum atomic E-state index is 12.8. The molecular formula is C18H27N7O8S. The summed E-state index contributed by atoms with van der Waals surface area (Å²) in [5.74, 6) is -6.79. The quantitative estimate of drug-likeness (QED) is 0.107. The van der Waals surface area contributed by atoms with Crippen LogP contribution in [0.25, 0.3) is 0 Å². The molecule has 0 aliphatic heterocycles. The molecule has 0 bridgehead atoms. The Bertz CT molecular complexity index is 895. The number of aliphatic carboxylic acids is 2. The molecule has 1 aromatic rings. The van der Waals surface area contributed by atoms with Gasteiger partial charge in [0.25, 0.3) is 0 Å². The van der Waals surface area contributed by atoms with E-state index in [1.807, 2.05) is 0 Å². The van der Waals surface area contributed by atoms with Crippen LogP contribution in [0.3, 0.4) is 0 Å². The van der Waals surface area contributed by atoms with E-state index in [4.69, 9.17) is 21.7 Å². The Balaban J connectivity index is 2.95. The predicted molar refractivity (Wildman–Crippen MR) is 118 cm³/mol. The van der Waals surface area contributed by atoms with Crippen LogP contribution in [-0.2, 0) is 35.2 Å². The zero-order valence-electron chi connectivity index (χ0n) is 17.9. The Morgan fingerprint density at radius 1 is 1.00 bits per heavy atom. The molecule has 188 valence electrons. The van der Waals surface area contributed by atoms with Crippen LogP contribution in [0.2, 0.25) is 0 Å². The number of nitrogens with zero attached hydrogens (tertiary/aromatic N) is 1. The minimum absolute atomic E-state index is 0.0559. The minimum Gasteiger partial charge on any atom is -0.481 e. The molecule has 16 heteroatoms. The van der Waals surface area contributed by atoms with Gasteiger partial charge in [-0.3, -0.25) is 24.0 Å². The number of nitrogens with one attached hydrogen (secondary N) is 4. The van der Waals surface area contributed by atoms with Gasteiger partial charge in [-0.1, -0.05) is 0 Å². The van der Waals surface area contributed by atoms with E-state index in [0.717, 1.165) is 0 Å². The van der Waals surface area contributed by atoms with Crippen molar-refractivity contribution in [3.8, 4) is 0 Å². The molecule has 4 amide bonds. The van der Waals surface area contributed by atoms with Gasteiger partial charge in [0.2, 0.25) is 23.6 Å². The Morgan fingerprint density at radius 2 is 1.59 bits per heavy atom. The number of primary amides is 1. The Hall–Kier alpha value is -3.66. The minimum atomic E-state index is -1.68. The number of aromatic amines is 1. The number of carbonyl (C=O) groups excluding carboxylic acids is 4. The van der Waals surface area contributed by atoms with Crippen LogP contribution in [0.5, 0.6) is 0 Å². The SMILES string of the molecule is NC(=O)CCC(NC(=O)C(N)Cc1cnc[nH]1)C(=O)NC(CC(=O)O)C(=O)NC(CS)C(=O)O. The molecule has 0 aromatic carbocycles. The molecule has 1 aromatic heterocycles. The normalized spacial score (nSPS) is 14.2. The fourth-order valence-corrected chi connectivity index (χ4v) is 2.92. The van der Waals surface area contributed by atoms with Gasteiger partial charge in [-0.05, 0) is 6.42 Å². The van der Waals surface area contributed by atoms with Gasteiger partial charge in [-0.2, -0.15) is 12.6 Å². The first-order valence-electron chi connectivity index (χ1n) is 9.92. The number of carboxylic acids is 2. The van der Waals surface area contributed by atoms with Crippen LogP contribution >= 0.6 is 12.6 Å². The number of H-pyrrole nitrogens is 1. The third-order valence-electron chi connectivity index (χ3n) is 4.45. The number of carbonyl (C=O) groups is 6. The van der Waals surface area contributed by atoms with Gasteiger partial charge in [-0.25, -0.2) is 9.78 Å². The maximum Gasteiger partial charge on any atom is 0.327 e. The number of hydrogen-bond donors (Lipinski definition) is 9. The van der Waals surface area contributed by atoms with E-state index in [0.29, 0.717) is 5.69 Å². The Kier molecular flexibility index (Phi) is 11.5. The molecule has 4 unspecified atom stereocenters. The third-order valence-corrected chi connectivity index (χ3v) is 4.82. The van der Waals surface area contributed by atoms with Gasteiger partial charge in [0, 0.05) is 30.5 Å². The number of aromatic nitrogens is 2. The lowest BCUT2D eigenvalue weighted by atomic mass is 10.1. The standard InChI is InChI=1S/C18H27N7O8S/c19-9(3-8-5-21-7-22-8)15(29)23-10(1-2-13(20)26)16(30)24-11(4-14(27)28)17(31)25-12(6-34)18(32)33/h5,7,9-12,34H,1-4,6,19H2,(H2,20,26)(H,21,22)(H,23,29)(H,24,30)(H,25,31)(H,27,28)(H,32,33). The van der Waals surface area contributed by atoms with Crippen LogP contribution in [0, 0.1) is 0 Å². The van der Waals surface area contributed by atoms with Crippen LogP contribution in [0.1, 0.15) is 25.0 Å². The van der Waals surface area contributed by atoms with Crippen molar-refractivity contribution in [3.05, 3.63) is 18.2 Å². The molecule has 0 radical (unpaired) electrons. The molecule has 0 spiro atoms. The molecule has 1 heterocycles. The van der Waals surface area contributed by atoms with Gasteiger partial charge in [-0.15, -0.1) is 0 Å². The van der Waals surface area contributed by atoms with Crippen LogP contribution in [0.15, 0.2) is 12.5 Å². The third kappa shape index (κ3) is 9.86. The molecule has 10 N–H and O–H groups in total. The van der Waals surface area contributed by atoms with Crippen molar-refractivity contribution in [2.24, 2.45) is 11.5 Å². The van der Waals surface area contributed by atoms with E-state index in [1.165, 1.54) is 12.5 Å². The summed E-state index contributed by atoms with van der Waals surface area (Å²) in [6.07, 6.45) is 1.44. The molecule has 15 nitrogen and oxygen atoms in total. The number of rotatable bonds is 15. The monoisotopic (exact) mass is 501 g/mol. The number of hydrogen-bond acceptors (Lipinski definition) is 9. The van der Waals surface area contributed by atoms with Gasteiger partial charge < -0.3 is 42.6 Å². The topological polar surface area (TPSA) is 260 Å². The summed E-state index contributed by atoms with van der Waals surface area (Å²) in [6.45, 7) is 0. The molecule has 0 fully saturated rings. The highest BCUT2D eigenvalue weighted by atomic mass is 32.1. The second kappa shape index (κ2) is 13.8. The summed E-state index contributed by atoms with van der Waals surface area (Å²) in [4.78, 5) is 77.7. The van der Waals surface area contributed by atoms with E-state index in [-0.39, 0.29) is 25.0 Å². The van der Waals surface area contributed by atoms with E-state index in [9.17, 15) is 28.8 Å². The van der Waals surface area contributed by atoms with Crippen molar-refractivity contribution in [3.63, 3.8) is 0 Å². The molecule has 0 saturated heterocycles. The average Bonchev–Trinajstić information content (AvgIpc) is 3.26. The van der Waals surface area contributed by atoms with Crippen molar-refractivity contribution in [1.82, 2.24) is 25.9 Å². The number of carboxylic acid groups (broad SMARTS) is 2. The number of thiol groups is 1. The molecule has 0 aliphatic rings. The number of imidazole rings is 1. The van der Waals surface area contributed by atoms with Gasteiger partial charge in [0.15, 0.2) is 0 Å². The lowest BCUT2D eigenvalue weighted by Gasteiger charge is -2.24. The fraction of sp³-hybridized carbons (Fsp3) is 0.500. The second-order valence-corrected chi connectivity index (χ2v) is 7.56. The smallest absolute Gasteiger partial charge is 0.327 e. The van der Waals surface area contributed by atoms with E-state index in [1.54, 1.807) is 0 Å². The Morgan fingerprint density at radius 3 is 2.09 bits per heavy atom. The molecular weight excluding hydrogens is 474 g/mol. The van der Waals surface area contributed by atoms with Crippen molar-refractivity contribution in [1.29, 1.82) is 0 Å². The molecule has 34 heavy (non-hydrogen) atoms. The van der Waals surface area contributed by atoms with Crippen molar-refractivity contribution < 1.29 is 39.0 Å². The highest BCUT2D eigenvalue weighted by Crippen LogP contribution is 2.04. The predicted octanol–water partition coefficient (Wildman–Crippen LogP) is -3.51. The van der Waals surface area contributed by atoms with Crippen molar-refractivity contribution >= 4 is 48.2 Å². The zero-order valence-corrected chi connectivity index (χ0v) is 18.8. The fourth-order valence-electron chi connectivity index (χ4n) is 2.67. The Labute approximate surface area is 198 Å². The molecule has 1 rings (SSSR count). The lowest BCUT2D eigenvalue weighted by molar-refractivity contribution is -0.143. The summed E-state index contributed by atoms with van der Waals surface area (Å²) in [5.41, 5.74) is 11.5. The van der Waals surface area contributed by atoms with Crippen LogP contribution in [0.4, 0.5) is 0 Å². The summed E-state index contributed by atoms with van der Waals surface area (Å²) in [7, 11) is 0. The van der Waals surface area contributed by atoms with E-state index in [2.05, 4.69) is 38.5 Å². The molecule has 4 atom stereocenters.